The molecule has 11 nitrogen and oxygen atoms in total. The van der Waals surface area contributed by atoms with Gasteiger partial charge in [0.1, 0.15) is 5.82 Å². The van der Waals surface area contributed by atoms with Gasteiger partial charge >= 0.3 is 0 Å². The lowest BCUT2D eigenvalue weighted by molar-refractivity contribution is 0.102. The minimum Gasteiger partial charge on any atom is -0.391 e. The summed E-state index contributed by atoms with van der Waals surface area (Å²) in [4.78, 5) is 13.3. The van der Waals surface area contributed by atoms with Gasteiger partial charge in [-0.25, -0.2) is 8.91 Å². The fourth-order valence-corrected chi connectivity index (χ4v) is 4.30. The first-order valence-corrected chi connectivity index (χ1v) is 11.3. The largest absolute Gasteiger partial charge is 0.391 e. The van der Waals surface area contributed by atoms with Gasteiger partial charge in [-0.15, -0.1) is 10.2 Å². The van der Waals surface area contributed by atoms with Crippen LogP contribution >= 0.6 is 0 Å². The minimum absolute atomic E-state index is 0.0884. The van der Waals surface area contributed by atoms with Gasteiger partial charge < -0.3 is 10.4 Å². The first-order chi connectivity index (χ1) is 17.2. The lowest BCUT2D eigenvalue weighted by Crippen LogP contribution is -2.14. The molecule has 0 bridgehead atoms. The summed E-state index contributed by atoms with van der Waals surface area (Å²) >= 11 is 0. The van der Waals surface area contributed by atoms with Crippen molar-refractivity contribution in [1.29, 1.82) is 0 Å². The third-order valence-corrected chi connectivity index (χ3v) is 6.02. The van der Waals surface area contributed by atoms with Gasteiger partial charge in [-0.1, -0.05) is 0 Å². The second kappa shape index (κ2) is 8.96. The quantitative estimate of drug-likeness (QED) is 0.333. The monoisotopic (exact) mass is 489 g/mol. The van der Waals surface area contributed by atoms with E-state index in [1.54, 1.807) is 29.2 Å². The molecule has 0 saturated carbocycles. The van der Waals surface area contributed by atoms with Crippen LogP contribution in [0.5, 0.6) is 0 Å². The van der Waals surface area contributed by atoms with Gasteiger partial charge in [0.25, 0.3) is 5.91 Å². The molecule has 0 aliphatic rings. The van der Waals surface area contributed by atoms with Crippen LogP contribution < -0.4 is 5.32 Å². The summed E-state index contributed by atoms with van der Waals surface area (Å²) in [5.74, 6) is -0.825. The number of amides is 1. The van der Waals surface area contributed by atoms with E-state index in [2.05, 4.69) is 36.1 Å². The zero-order chi connectivity index (χ0) is 25.6. The Morgan fingerprint density at radius 1 is 1.25 bits per heavy atom. The van der Waals surface area contributed by atoms with Gasteiger partial charge in [0, 0.05) is 23.1 Å². The van der Waals surface area contributed by atoms with Gasteiger partial charge in [-0.2, -0.15) is 15.4 Å². The van der Waals surface area contributed by atoms with Crippen LogP contribution in [0, 0.1) is 26.6 Å². The molecule has 0 aliphatic heterocycles. The number of aliphatic hydroxyl groups excluding tert-OH is 1. The molecule has 3 N–H and O–H groups in total. The maximum Gasteiger partial charge on any atom is 0.259 e. The van der Waals surface area contributed by atoms with Crippen molar-refractivity contribution in [2.75, 3.05) is 5.32 Å². The normalized spacial score (nSPS) is 12.3. The fourth-order valence-electron chi connectivity index (χ4n) is 4.30. The zero-order valence-electron chi connectivity index (χ0n) is 20.1. The van der Waals surface area contributed by atoms with Crippen LogP contribution in [-0.4, -0.2) is 57.1 Å². The molecule has 0 saturated heterocycles. The Hall–Kier alpha value is -4.45. The Kier molecular flexibility index (Phi) is 5.80. The van der Waals surface area contributed by atoms with E-state index in [4.69, 9.17) is 0 Å². The lowest BCUT2D eigenvalue weighted by Gasteiger charge is -2.10. The molecule has 12 heteroatoms. The van der Waals surface area contributed by atoms with E-state index in [1.807, 2.05) is 26.0 Å². The number of aliphatic hydroxyl groups is 1. The number of aryl methyl sites for hydroxylation is 2. The van der Waals surface area contributed by atoms with Gasteiger partial charge in [-0.05, 0) is 68.3 Å². The van der Waals surface area contributed by atoms with Crippen molar-refractivity contribution in [2.24, 2.45) is 0 Å². The summed E-state index contributed by atoms with van der Waals surface area (Å²) in [7, 11) is 0. The summed E-state index contributed by atoms with van der Waals surface area (Å²) < 4.78 is 17.9. The van der Waals surface area contributed by atoms with E-state index in [1.165, 1.54) is 18.3 Å². The maximum absolute atomic E-state index is 14.5. The molecular formula is C24H24FN9O2. The number of anilines is 1. The average Bonchev–Trinajstić information content (AvgIpc) is 3.55. The second-order valence-electron chi connectivity index (χ2n) is 8.72. The van der Waals surface area contributed by atoms with Crippen molar-refractivity contribution in [1.82, 2.24) is 40.0 Å². The number of carbonyl (C=O) groups is 1. The van der Waals surface area contributed by atoms with E-state index in [9.17, 15) is 14.3 Å². The highest BCUT2D eigenvalue weighted by Crippen LogP contribution is 2.30. The van der Waals surface area contributed by atoms with Crippen LogP contribution in [0.1, 0.15) is 34.2 Å². The number of tetrazole rings is 1. The maximum atomic E-state index is 14.5. The number of halogens is 1. The van der Waals surface area contributed by atoms with Crippen molar-refractivity contribution in [3.8, 4) is 22.5 Å². The number of pyridine rings is 1. The van der Waals surface area contributed by atoms with E-state index in [-0.39, 0.29) is 11.4 Å². The number of H-pyrrole nitrogens is 1. The number of aromatic nitrogens is 8. The number of fused-ring (bicyclic) bond motifs is 1. The van der Waals surface area contributed by atoms with E-state index in [0.717, 1.165) is 22.5 Å². The Bertz CT molecular complexity index is 1590. The molecule has 0 radical (unpaired) electrons. The Morgan fingerprint density at radius 2 is 2.06 bits per heavy atom. The van der Waals surface area contributed by atoms with Crippen molar-refractivity contribution in [3.63, 3.8) is 0 Å². The average molecular weight is 490 g/mol. The van der Waals surface area contributed by atoms with Crippen LogP contribution in [-0.2, 0) is 6.54 Å². The number of hydrogen-bond donors (Lipinski definition) is 3. The van der Waals surface area contributed by atoms with E-state index < -0.39 is 17.8 Å². The predicted octanol–water partition coefficient (Wildman–Crippen LogP) is 3.08. The Morgan fingerprint density at radius 3 is 2.78 bits per heavy atom. The molecule has 4 heterocycles. The molecule has 0 aliphatic carbocycles. The Labute approximate surface area is 205 Å². The van der Waals surface area contributed by atoms with Gasteiger partial charge in [-0.3, -0.25) is 9.48 Å². The van der Waals surface area contributed by atoms with E-state index >= 15 is 0 Å². The highest BCUT2D eigenvalue weighted by Gasteiger charge is 2.20. The molecule has 4 aromatic heterocycles. The highest BCUT2D eigenvalue weighted by atomic mass is 19.1. The molecule has 0 fully saturated rings. The molecular weight excluding hydrogens is 465 g/mol. The third kappa shape index (κ3) is 4.11. The number of rotatable bonds is 6. The lowest BCUT2D eigenvalue weighted by atomic mass is 10.0. The minimum atomic E-state index is -0.529. The summed E-state index contributed by atoms with van der Waals surface area (Å²) in [6, 6.07) is 6.58. The topological polar surface area (TPSA) is 139 Å². The standard InChI is InChI=1S/C24H24FN9O2/c1-12-7-19(25)17(23-28-31-32-29-23)9-20(12)27-24(36)18-10-26-33-6-5-16(8-21(18)33)22-14(3)30-34(15(22)4)11-13(2)35/h5-10,13,35H,11H2,1-4H3,(H,27,36)(H,28,29,31,32)/t13-/m0/s1. The highest BCUT2D eigenvalue weighted by molar-refractivity contribution is 6.09. The summed E-state index contributed by atoms with van der Waals surface area (Å²) in [5.41, 5.74) is 5.58. The molecule has 0 unspecified atom stereocenters. The summed E-state index contributed by atoms with van der Waals surface area (Å²) in [6.45, 7) is 7.66. The zero-order valence-corrected chi connectivity index (χ0v) is 20.1. The smallest absolute Gasteiger partial charge is 0.259 e. The van der Waals surface area contributed by atoms with Gasteiger partial charge in [0.15, 0.2) is 0 Å². The van der Waals surface area contributed by atoms with Crippen molar-refractivity contribution < 1.29 is 14.3 Å². The molecule has 184 valence electrons. The van der Waals surface area contributed by atoms with Crippen LogP contribution in [0.2, 0.25) is 0 Å². The third-order valence-electron chi connectivity index (χ3n) is 6.02. The first kappa shape index (κ1) is 23.3. The number of nitrogens with zero attached hydrogens (tertiary/aromatic N) is 7. The predicted molar refractivity (Wildman–Crippen MR) is 130 cm³/mol. The van der Waals surface area contributed by atoms with Crippen LogP contribution in [0.15, 0.2) is 36.7 Å². The molecule has 0 spiro atoms. The van der Waals surface area contributed by atoms with Crippen molar-refractivity contribution in [2.45, 2.75) is 40.3 Å². The van der Waals surface area contributed by atoms with Crippen LogP contribution in [0.3, 0.4) is 0 Å². The van der Waals surface area contributed by atoms with Crippen molar-refractivity contribution >= 4 is 17.1 Å². The molecule has 1 atom stereocenters. The Balaban J connectivity index is 1.50. The van der Waals surface area contributed by atoms with Crippen molar-refractivity contribution in [3.05, 3.63) is 65.0 Å². The van der Waals surface area contributed by atoms with Gasteiger partial charge in [0.05, 0.1) is 41.2 Å². The van der Waals surface area contributed by atoms with Gasteiger partial charge in [0.2, 0.25) is 5.82 Å². The number of benzene rings is 1. The second-order valence-corrected chi connectivity index (χ2v) is 8.72. The van der Waals surface area contributed by atoms with E-state index in [0.29, 0.717) is 28.9 Å². The fraction of sp³-hybridized carbons (Fsp3) is 0.250. The summed E-state index contributed by atoms with van der Waals surface area (Å²) in [6.07, 6.45) is 2.74. The molecule has 1 amide bonds. The number of hydrogen-bond acceptors (Lipinski definition) is 7. The number of nitrogens with one attached hydrogen (secondary N) is 2. The number of aromatic amines is 1. The molecule has 36 heavy (non-hydrogen) atoms. The van der Waals surface area contributed by atoms with Crippen LogP contribution in [0.4, 0.5) is 10.1 Å². The molecule has 5 rings (SSSR count). The SMILES string of the molecule is Cc1cc(F)c(-c2nn[nH]n2)cc1NC(=O)c1cnn2ccc(-c3c(C)nn(C[C@H](C)O)c3C)cc12. The first-order valence-electron chi connectivity index (χ1n) is 11.3. The summed E-state index contributed by atoms with van der Waals surface area (Å²) in [5, 5.41) is 34.9. The number of carbonyl (C=O) groups excluding carboxylic acids is 1. The molecule has 5 aromatic rings. The molecule has 1 aromatic carbocycles. The van der Waals surface area contributed by atoms with Crippen LogP contribution in [0.25, 0.3) is 28.0 Å².